The molecule has 52 valence electrons. The van der Waals surface area contributed by atoms with E-state index in [1.165, 1.54) is 0 Å². The molecule has 4 heteroatoms. The molecule has 0 unspecified atom stereocenters. The maximum absolute atomic E-state index is 7.26. The Balaban J connectivity index is 0. The van der Waals surface area contributed by atoms with E-state index < -0.39 is 10.0 Å². The lowest BCUT2D eigenvalue weighted by atomic mass is 10.7. The first kappa shape index (κ1) is 11.0. The van der Waals surface area contributed by atoms with Gasteiger partial charge in [0.05, 0.1) is 0 Å². The summed E-state index contributed by atoms with van der Waals surface area (Å²) in [5.74, 6) is 0. The van der Waals surface area contributed by atoms with E-state index in [4.69, 9.17) is 9.59 Å². The summed E-state index contributed by atoms with van der Waals surface area (Å²) in [6, 6.07) is 0. The molecule has 8 heavy (non-hydrogen) atoms. The minimum absolute atomic E-state index is 1.09. The van der Waals surface area contributed by atoms with E-state index >= 15 is 0 Å². The summed E-state index contributed by atoms with van der Waals surface area (Å²) in [4.78, 5) is 14.5. The first-order valence-electron chi connectivity index (χ1n) is 2.75. The lowest BCUT2D eigenvalue weighted by Crippen LogP contribution is -2.09. The Kier molecular flexibility index (Phi) is 21.6. The molecule has 0 aromatic carbocycles. The van der Waals surface area contributed by atoms with E-state index in [9.17, 15) is 0 Å². The van der Waals surface area contributed by atoms with Crippen LogP contribution >= 0.6 is 0 Å². The SMILES string of the molecule is CCNCC.O[SiH2]O. The molecule has 0 fully saturated rings. The molecule has 0 aliphatic rings. The fourth-order valence-corrected chi connectivity index (χ4v) is 0.250. The van der Waals surface area contributed by atoms with Crippen molar-refractivity contribution in [2.75, 3.05) is 13.1 Å². The van der Waals surface area contributed by atoms with Crippen molar-refractivity contribution in [2.24, 2.45) is 0 Å². The maximum atomic E-state index is 7.26. The van der Waals surface area contributed by atoms with Crippen LogP contribution in [0.15, 0.2) is 0 Å². The standard InChI is InChI=1S/C4H11N.H4O2Si/c1-3-5-4-2;1-3-2/h5H,3-4H2,1-2H3;1-2H,3H2. The Bertz CT molecular complexity index is 28.0. The number of hydrogen-bond donors (Lipinski definition) is 3. The molecule has 0 saturated heterocycles. The Morgan fingerprint density at radius 1 is 1.25 bits per heavy atom. The highest BCUT2D eigenvalue weighted by molar-refractivity contribution is 6.13. The van der Waals surface area contributed by atoms with Crippen LogP contribution in [0.2, 0.25) is 0 Å². The second-order valence-electron chi connectivity index (χ2n) is 1.10. The highest BCUT2D eigenvalue weighted by Gasteiger charge is 1.62. The fraction of sp³-hybridized carbons (Fsp3) is 1.00. The summed E-state index contributed by atoms with van der Waals surface area (Å²) in [7, 11) is -1.58. The Labute approximate surface area is 52.8 Å². The molecular weight excluding hydrogens is 122 g/mol. The lowest BCUT2D eigenvalue weighted by Gasteiger charge is -1.86. The highest BCUT2D eigenvalue weighted by Crippen LogP contribution is 1.47. The highest BCUT2D eigenvalue weighted by atomic mass is 28.2. The molecule has 3 N–H and O–H groups in total. The van der Waals surface area contributed by atoms with Gasteiger partial charge in [0.1, 0.15) is 0 Å². The second kappa shape index (κ2) is 15.7. The van der Waals surface area contributed by atoms with Gasteiger partial charge in [-0.25, -0.2) is 0 Å². The fourth-order valence-electron chi connectivity index (χ4n) is 0.250. The van der Waals surface area contributed by atoms with Crippen molar-refractivity contribution >= 4 is 10.0 Å². The third-order valence-corrected chi connectivity index (χ3v) is 0.500. The van der Waals surface area contributed by atoms with Gasteiger partial charge in [0.25, 0.3) is 10.0 Å². The molecule has 0 spiro atoms. The van der Waals surface area contributed by atoms with Gasteiger partial charge < -0.3 is 14.9 Å². The minimum Gasteiger partial charge on any atom is -0.415 e. The molecule has 0 amide bonds. The summed E-state index contributed by atoms with van der Waals surface area (Å²) < 4.78 is 0. The summed E-state index contributed by atoms with van der Waals surface area (Å²) in [5, 5.41) is 3.11. The monoisotopic (exact) mass is 137 g/mol. The van der Waals surface area contributed by atoms with Gasteiger partial charge in [0, 0.05) is 0 Å². The minimum atomic E-state index is -1.58. The van der Waals surface area contributed by atoms with Crippen LogP contribution in [-0.4, -0.2) is 32.7 Å². The number of nitrogens with one attached hydrogen (secondary N) is 1. The molecule has 0 saturated carbocycles. The molecule has 0 aromatic rings. The maximum Gasteiger partial charge on any atom is 0.299 e. The van der Waals surface area contributed by atoms with Crippen molar-refractivity contribution in [2.45, 2.75) is 13.8 Å². The van der Waals surface area contributed by atoms with Crippen LogP contribution in [-0.2, 0) is 0 Å². The van der Waals surface area contributed by atoms with E-state index in [1.807, 2.05) is 0 Å². The predicted molar refractivity (Wildman–Crippen MR) is 37.2 cm³/mol. The molecule has 0 aliphatic carbocycles. The van der Waals surface area contributed by atoms with E-state index in [0.717, 1.165) is 13.1 Å². The average molecular weight is 137 g/mol. The molecule has 0 aliphatic heterocycles. The number of hydrogen-bond acceptors (Lipinski definition) is 3. The summed E-state index contributed by atoms with van der Waals surface area (Å²) in [6.07, 6.45) is 0. The van der Waals surface area contributed by atoms with Crippen LogP contribution in [0.25, 0.3) is 0 Å². The van der Waals surface area contributed by atoms with Gasteiger partial charge in [-0.3, -0.25) is 0 Å². The Morgan fingerprint density at radius 2 is 1.50 bits per heavy atom. The topological polar surface area (TPSA) is 52.5 Å². The average Bonchev–Trinajstić information content (AvgIpc) is 1.71. The van der Waals surface area contributed by atoms with Gasteiger partial charge in [-0.2, -0.15) is 0 Å². The van der Waals surface area contributed by atoms with Crippen LogP contribution in [0.3, 0.4) is 0 Å². The normalized spacial score (nSPS) is 7.50. The van der Waals surface area contributed by atoms with Gasteiger partial charge in [-0.1, -0.05) is 13.8 Å². The molecular formula is C4H15NO2Si. The van der Waals surface area contributed by atoms with Crippen molar-refractivity contribution in [3.8, 4) is 0 Å². The van der Waals surface area contributed by atoms with Gasteiger partial charge >= 0.3 is 0 Å². The lowest BCUT2D eigenvalue weighted by molar-refractivity contribution is 0.448. The first-order valence-corrected chi connectivity index (χ1v) is 4.02. The summed E-state index contributed by atoms with van der Waals surface area (Å²) in [6.45, 7) is 6.39. The molecule has 0 atom stereocenters. The summed E-state index contributed by atoms with van der Waals surface area (Å²) >= 11 is 0. The molecule has 0 aromatic heterocycles. The molecule has 3 nitrogen and oxygen atoms in total. The Hall–Kier alpha value is 0.0969. The van der Waals surface area contributed by atoms with E-state index in [1.54, 1.807) is 0 Å². The smallest absolute Gasteiger partial charge is 0.299 e. The largest absolute Gasteiger partial charge is 0.415 e. The van der Waals surface area contributed by atoms with Crippen molar-refractivity contribution in [1.82, 2.24) is 5.32 Å². The van der Waals surface area contributed by atoms with Crippen LogP contribution < -0.4 is 5.32 Å². The molecule has 0 rings (SSSR count). The molecule has 0 bridgehead atoms. The molecule has 0 heterocycles. The van der Waals surface area contributed by atoms with Crippen molar-refractivity contribution < 1.29 is 9.59 Å². The quantitative estimate of drug-likeness (QED) is 0.410. The van der Waals surface area contributed by atoms with Gasteiger partial charge in [-0.15, -0.1) is 0 Å². The van der Waals surface area contributed by atoms with Gasteiger partial charge in [0.2, 0.25) is 0 Å². The van der Waals surface area contributed by atoms with Crippen molar-refractivity contribution in [1.29, 1.82) is 0 Å². The van der Waals surface area contributed by atoms with Gasteiger partial charge in [0.15, 0.2) is 0 Å². The van der Waals surface area contributed by atoms with E-state index in [-0.39, 0.29) is 0 Å². The van der Waals surface area contributed by atoms with E-state index in [2.05, 4.69) is 19.2 Å². The van der Waals surface area contributed by atoms with Gasteiger partial charge in [-0.05, 0) is 13.1 Å². The summed E-state index contributed by atoms with van der Waals surface area (Å²) in [5.41, 5.74) is 0. The number of rotatable bonds is 2. The van der Waals surface area contributed by atoms with Crippen LogP contribution in [0.5, 0.6) is 0 Å². The van der Waals surface area contributed by atoms with Crippen molar-refractivity contribution in [3.05, 3.63) is 0 Å². The Morgan fingerprint density at radius 3 is 1.50 bits per heavy atom. The third kappa shape index (κ3) is 36.0. The van der Waals surface area contributed by atoms with Crippen LogP contribution in [0.1, 0.15) is 13.8 Å². The third-order valence-electron chi connectivity index (χ3n) is 0.500. The van der Waals surface area contributed by atoms with Crippen LogP contribution in [0, 0.1) is 0 Å². The van der Waals surface area contributed by atoms with Crippen molar-refractivity contribution in [3.63, 3.8) is 0 Å². The zero-order valence-corrected chi connectivity index (χ0v) is 6.93. The second-order valence-corrected chi connectivity index (χ2v) is 1.38. The van der Waals surface area contributed by atoms with E-state index in [0.29, 0.717) is 0 Å². The molecule has 0 radical (unpaired) electrons. The first-order chi connectivity index (χ1) is 3.83. The predicted octanol–water partition coefficient (Wildman–Crippen LogP) is -1.41. The van der Waals surface area contributed by atoms with Crippen LogP contribution in [0.4, 0.5) is 0 Å². The zero-order valence-electron chi connectivity index (χ0n) is 5.52. The zero-order chi connectivity index (χ0) is 6.83.